The van der Waals surface area contributed by atoms with Crippen LogP contribution in [0.15, 0.2) is 16.9 Å². The minimum absolute atomic E-state index is 0.00706. The van der Waals surface area contributed by atoms with Gasteiger partial charge in [0.2, 0.25) is 5.82 Å². The number of hydrogen-bond acceptors (Lipinski definition) is 4. The van der Waals surface area contributed by atoms with Gasteiger partial charge >= 0.3 is 5.69 Å². The number of hydrogen-bond donors (Lipinski definition) is 2. The van der Waals surface area contributed by atoms with Crippen molar-refractivity contribution in [2.75, 3.05) is 7.11 Å². The molecular weight excluding hydrogens is 284 g/mol. The van der Waals surface area contributed by atoms with Crippen LogP contribution in [0.4, 0.5) is 0 Å². The zero-order valence-electron chi connectivity index (χ0n) is 12.6. The molecule has 22 heavy (non-hydrogen) atoms. The number of nitrogens with zero attached hydrogens (tertiary/aromatic N) is 2. The van der Waals surface area contributed by atoms with E-state index >= 15 is 0 Å². The largest absolute Gasteiger partial charge is 0.496 e. The van der Waals surface area contributed by atoms with E-state index in [0.29, 0.717) is 6.54 Å². The number of amides is 1. The van der Waals surface area contributed by atoms with Gasteiger partial charge in [-0.1, -0.05) is 6.07 Å². The van der Waals surface area contributed by atoms with Gasteiger partial charge in [0.15, 0.2) is 0 Å². The highest BCUT2D eigenvalue weighted by Crippen LogP contribution is 2.29. The molecule has 0 spiro atoms. The summed E-state index contributed by atoms with van der Waals surface area (Å²) in [6.45, 7) is 0.327. The molecule has 1 aromatic carbocycles. The molecule has 0 fully saturated rings. The average molecular weight is 302 g/mol. The summed E-state index contributed by atoms with van der Waals surface area (Å²) in [6, 6.07) is 4.13. The van der Waals surface area contributed by atoms with E-state index in [1.165, 1.54) is 18.2 Å². The maximum atomic E-state index is 12.0. The van der Waals surface area contributed by atoms with Crippen molar-refractivity contribution in [1.82, 2.24) is 20.1 Å². The molecule has 7 heteroatoms. The third-order valence-electron chi connectivity index (χ3n) is 3.92. The van der Waals surface area contributed by atoms with E-state index in [1.54, 1.807) is 7.11 Å². The highest BCUT2D eigenvalue weighted by atomic mass is 16.5. The third-order valence-corrected chi connectivity index (χ3v) is 3.92. The topological polar surface area (TPSA) is 89.0 Å². The first-order chi connectivity index (χ1) is 10.6. The Kier molecular flexibility index (Phi) is 3.70. The van der Waals surface area contributed by atoms with Crippen molar-refractivity contribution in [2.45, 2.75) is 25.8 Å². The van der Waals surface area contributed by atoms with Gasteiger partial charge in [-0.15, -0.1) is 5.10 Å². The fourth-order valence-corrected chi connectivity index (χ4v) is 2.74. The van der Waals surface area contributed by atoms with Gasteiger partial charge in [-0.2, -0.15) is 0 Å². The first kappa shape index (κ1) is 14.4. The van der Waals surface area contributed by atoms with E-state index < -0.39 is 11.6 Å². The number of rotatable bonds is 4. The third kappa shape index (κ3) is 2.61. The number of aryl methyl sites for hydroxylation is 3. The van der Waals surface area contributed by atoms with Crippen LogP contribution >= 0.6 is 0 Å². The first-order valence-electron chi connectivity index (χ1n) is 7.18. The molecule has 1 aliphatic rings. The van der Waals surface area contributed by atoms with Crippen LogP contribution in [-0.2, 0) is 26.4 Å². The quantitative estimate of drug-likeness (QED) is 0.862. The van der Waals surface area contributed by atoms with Gasteiger partial charge in [-0.25, -0.2) is 9.48 Å². The zero-order chi connectivity index (χ0) is 15.7. The van der Waals surface area contributed by atoms with Gasteiger partial charge in [0.05, 0.1) is 7.11 Å². The molecule has 0 unspecified atom stereocenters. The van der Waals surface area contributed by atoms with E-state index in [-0.39, 0.29) is 5.82 Å². The number of benzene rings is 1. The lowest BCUT2D eigenvalue weighted by molar-refractivity contribution is 0.0940. The van der Waals surface area contributed by atoms with Crippen molar-refractivity contribution in [3.05, 3.63) is 45.1 Å². The monoisotopic (exact) mass is 302 g/mol. The number of carbonyl (C=O) groups excluding carboxylic acids is 1. The van der Waals surface area contributed by atoms with Gasteiger partial charge in [-0.05, 0) is 36.5 Å². The molecule has 0 atom stereocenters. The molecule has 0 saturated heterocycles. The van der Waals surface area contributed by atoms with Crippen LogP contribution in [0.3, 0.4) is 0 Å². The molecule has 3 rings (SSSR count). The van der Waals surface area contributed by atoms with Gasteiger partial charge in [0.1, 0.15) is 5.75 Å². The van der Waals surface area contributed by atoms with E-state index in [2.05, 4.69) is 21.5 Å². The predicted molar refractivity (Wildman–Crippen MR) is 80.0 cm³/mol. The second-order valence-electron chi connectivity index (χ2n) is 5.37. The number of fused-ring (bicyclic) bond motifs is 1. The lowest BCUT2D eigenvalue weighted by Gasteiger charge is -2.12. The summed E-state index contributed by atoms with van der Waals surface area (Å²) in [5.41, 5.74) is 3.15. The SMILES string of the molecule is COc1cc2c(cc1CNC(=O)c1nn(C)c(=O)[nH]1)CCC2. The van der Waals surface area contributed by atoms with Crippen molar-refractivity contribution < 1.29 is 9.53 Å². The lowest BCUT2D eigenvalue weighted by Crippen LogP contribution is -2.24. The molecule has 0 bridgehead atoms. The predicted octanol–water partition coefficient (Wildman–Crippen LogP) is 0.536. The molecule has 1 amide bonds. The van der Waals surface area contributed by atoms with E-state index in [4.69, 9.17) is 4.74 Å². The molecule has 2 aromatic rings. The number of aromatic amines is 1. The minimum atomic E-state index is -0.416. The molecular formula is C15H18N4O3. The number of aromatic nitrogens is 3. The van der Waals surface area contributed by atoms with Crippen LogP contribution in [-0.4, -0.2) is 27.8 Å². The number of methoxy groups -OCH3 is 1. The summed E-state index contributed by atoms with van der Waals surface area (Å²) in [6.07, 6.45) is 3.30. The van der Waals surface area contributed by atoms with Gasteiger partial charge in [0, 0.05) is 19.2 Å². The van der Waals surface area contributed by atoms with Crippen LogP contribution in [0.5, 0.6) is 5.75 Å². The summed E-state index contributed by atoms with van der Waals surface area (Å²) >= 11 is 0. The Hall–Kier alpha value is -2.57. The number of H-pyrrole nitrogens is 1. The molecule has 1 aromatic heterocycles. The Morgan fingerprint density at radius 1 is 1.41 bits per heavy atom. The number of nitrogens with one attached hydrogen (secondary N) is 2. The van der Waals surface area contributed by atoms with Gasteiger partial charge in [-0.3, -0.25) is 9.78 Å². The van der Waals surface area contributed by atoms with E-state index in [1.807, 2.05) is 6.07 Å². The molecule has 1 aliphatic carbocycles. The molecule has 0 saturated carbocycles. The van der Waals surface area contributed by atoms with Crippen LogP contribution in [0, 0.1) is 0 Å². The Balaban J connectivity index is 1.76. The van der Waals surface area contributed by atoms with Gasteiger partial charge < -0.3 is 10.1 Å². The summed E-state index contributed by atoms with van der Waals surface area (Å²) in [4.78, 5) is 25.7. The first-order valence-corrected chi connectivity index (χ1v) is 7.18. The van der Waals surface area contributed by atoms with Crippen molar-refractivity contribution >= 4 is 5.91 Å². The highest BCUT2D eigenvalue weighted by Gasteiger charge is 2.17. The fourth-order valence-electron chi connectivity index (χ4n) is 2.74. The molecule has 0 radical (unpaired) electrons. The Morgan fingerprint density at radius 2 is 2.14 bits per heavy atom. The number of carbonyl (C=O) groups is 1. The van der Waals surface area contributed by atoms with Gasteiger partial charge in [0.25, 0.3) is 5.91 Å². The zero-order valence-corrected chi connectivity index (χ0v) is 12.6. The standard InChI is InChI=1S/C15H18N4O3/c1-19-15(21)17-13(18-19)14(20)16-8-11-6-9-4-3-5-10(9)7-12(11)22-2/h6-7H,3-5,8H2,1-2H3,(H,16,20)(H,17,18,21). The van der Waals surface area contributed by atoms with Crippen molar-refractivity contribution in [2.24, 2.45) is 7.05 Å². The van der Waals surface area contributed by atoms with Crippen LogP contribution in [0.2, 0.25) is 0 Å². The molecule has 7 nitrogen and oxygen atoms in total. The van der Waals surface area contributed by atoms with Crippen molar-refractivity contribution in [1.29, 1.82) is 0 Å². The van der Waals surface area contributed by atoms with Crippen LogP contribution in [0.25, 0.3) is 0 Å². The maximum Gasteiger partial charge on any atom is 0.343 e. The Bertz CT molecular complexity index is 776. The second-order valence-corrected chi connectivity index (χ2v) is 5.37. The summed E-state index contributed by atoms with van der Waals surface area (Å²) in [7, 11) is 3.11. The Labute approximate surface area is 127 Å². The highest BCUT2D eigenvalue weighted by molar-refractivity contribution is 5.90. The lowest BCUT2D eigenvalue weighted by atomic mass is 10.0. The molecule has 116 valence electrons. The summed E-state index contributed by atoms with van der Waals surface area (Å²) in [5, 5.41) is 6.58. The second kappa shape index (κ2) is 5.67. The maximum absolute atomic E-state index is 12.0. The molecule has 1 heterocycles. The van der Waals surface area contributed by atoms with Crippen molar-refractivity contribution in [3.8, 4) is 5.75 Å². The summed E-state index contributed by atoms with van der Waals surface area (Å²) < 4.78 is 6.49. The smallest absolute Gasteiger partial charge is 0.343 e. The minimum Gasteiger partial charge on any atom is -0.496 e. The molecule has 0 aliphatic heterocycles. The summed E-state index contributed by atoms with van der Waals surface area (Å²) in [5.74, 6) is 0.364. The normalized spacial score (nSPS) is 13.0. The Morgan fingerprint density at radius 3 is 2.77 bits per heavy atom. The molecule has 2 N–H and O–H groups in total. The van der Waals surface area contributed by atoms with E-state index in [9.17, 15) is 9.59 Å². The van der Waals surface area contributed by atoms with Crippen LogP contribution < -0.4 is 15.7 Å². The van der Waals surface area contributed by atoms with E-state index in [0.717, 1.165) is 35.3 Å². The fraction of sp³-hybridized carbons (Fsp3) is 0.400. The number of ether oxygens (including phenoxy) is 1. The van der Waals surface area contributed by atoms with Crippen LogP contribution in [0.1, 0.15) is 33.7 Å². The van der Waals surface area contributed by atoms with Crippen molar-refractivity contribution in [3.63, 3.8) is 0 Å². The average Bonchev–Trinajstić information content (AvgIpc) is 3.10.